The number of aromatic nitrogens is 2. The van der Waals surface area contributed by atoms with Crippen molar-refractivity contribution in [2.24, 2.45) is 0 Å². The van der Waals surface area contributed by atoms with E-state index in [9.17, 15) is 14.0 Å². The van der Waals surface area contributed by atoms with Crippen LogP contribution in [0, 0.1) is 5.82 Å². The molecular weight excluding hydrogens is 409 g/mol. The summed E-state index contributed by atoms with van der Waals surface area (Å²) in [5.74, 6) is -1.31. The zero-order valence-electron chi connectivity index (χ0n) is 16.3. The van der Waals surface area contributed by atoms with E-state index in [4.69, 9.17) is 16.3 Å². The van der Waals surface area contributed by atoms with Gasteiger partial charge in [-0.1, -0.05) is 17.7 Å². The number of nitrogens with zero attached hydrogens (tertiary/aromatic N) is 3. The Hall–Kier alpha value is -3.19. The smallest absolute Gasteiger partial charge is 0.359 e. The Balaban J connectivity index is 1.72. The highest BCUT2D eigenvalue weighted by atomic mass is 35.5. The Bertz CT molecular complexity index is 1110. The first-order chi connectivity index (χ1) is 14.5. The van der Waals surface area contributed by atoms with Gasteiger partial charge in [-0.2, -0.15) is 5.10 Å². The molecule has 1 aromatic heterocycles. The molecule has 154 valence electrons. The largest absolute Gasteiger partial charge is 0.461 e. The van der Waals surface area contributed by atoms with E-state index in [1.165, 1.54) is 18.2 Å². The summed E-state index contributed by atoms with van der Waals surface area (Å²) in [6.45, 7) is 2.55. The highest BCUT2D eigenvalue weighted by molar-refractivity contribution is 6.30. The summed E-state index contributed by atoms with van der Waals surface area (Å²) in [6.07, 6.45) is 0.491. The van der Waals surface area contributed by atoms with E-state index in [0.29, 0.717) is 23.6 Å². The van der Waals surface area contributed by atoms with Crippen molar-refractivity contribution in [1.82, 2.24) is 14.7 Å². The van der Waals surface area contributed by atoms with Crippen LogP contribution in [0.5, 0.6) is 0 Å². The minimum absolute atomic E-state index is 0.179. The van der Waals surface area contributed by atoms with E-state index in [1.54, 1.807) is 34.7 Å². The van der Waals surface area contributed by atoms with Gasteiger partial charge in [-0.3, -0.25) is 4.79 Å². The van der Waals surface area contributed by atoms with E-state index in [1.807, 2.05) is 12.1 Å². The highest BCUT2D eigenvalue weighted by Crippen LogP contribution is 2.27. The van der Waals surface area contributed by atoms with Crippen LogP contribution in [0.1, 0.15) is 39.0 Å². The molecule has 0 atom stereocenters. The average Bonchev–Trinajstić information content (AvgIpc) is 3.13. The number of hydrogen-bond donors (Lipinski definition) is 0. The molecule has 0 N–H and O–H groups in total. The van der Waals surface area contributed by atoms with Gasteiger partial charge in [0.2, 0.25) is 0 Å². The fourth-order valence-electron chi connectivity index (χ4n) is 3.56. The fraction of sp³-hybridized carbons (Fsp3) is 0.227. The van der Waals surface area contributed by atoms with Crippen molar-refractivity contribution in [3.63, 3.8) is 0 Å². The van der Waals surface area contributed by atoms with Gasteiger partial charge in [0.1, 0.15) is 5.82 Å². The van der Waals surface area contributed by atoms with E-state index in [0.717, 1.165) is 11.4 Å². The lowest BCUT2D eigenvalue weighted by Gasteiger charge is -2.28. The first kappa shape index (κ1) is 20.1. The third kappa shape index (κ3) is 3.80. The number of amides is 1. The van der Waals surface area contributed by atoms with Crippen LogP contribution in [0.3, 0.4) is 0 Å². The molecule has 0 unspecified atom stereocenters. The summed E-state index contributed by atoms with van der Waals surface area (Å²) in [6, 6.07) is 12.7. The summed E-state index contributed by atoms with van der Waals surface area (Å²) >= 11 is 5.99. The third-order valence-corrected chi connectivity index (χ3v) is 5.21. The van der Waals surface area contributed by atoms with Gasteiger partial charge in [0.05, 0.1) is 24.5 Å². The van der Waals surface area contributed by atoms with Crippen molar-refractivity contribution in [3.05, 3.63) is 81.9 Å². The zero-order valence-corrected chi connectivity index (χ0v) is 17.0. The Labute approximate surface area is 177 Å². The van der Waals surface area contributed by atoms with Crippen LogP contribution in [0.2, 0.25) is 5.02 Å². The van der Waals surface area contributed by atoms with Crippen molar-refractivity contribution in [1.29, 1.82) is 0 Å². The van der Waals surface area contributed by atoms with Crippen molar-refractivity contribution in [3.8, 4) is 5.69 Å². The molecule has 0 saturated heterocycles. The molecule has 0 saturated carbocycles. The van der Waals surface area contributed by atoms with E-state index >= 15 is 0 Å². The van der Waals surface area contributed by atoms with Crippen molar-refractivity contribution in [2.75, 3.05) is 13.2 Å². The Kier molecular flexibility index (Phi) is 5.55. The molecule has 0 bridgehead atoms. The van der Waals surface area contributed by atoms with E-state index < -0.39 is 11.8 Å². The van der Waals surface area contributed by atoms with Gasteiger partial charge in [0, 0.05) is 29.1 Å². The number of benzene rings is 2. The first-order valence-corrected chi connectivity index (χ1v) is 9.94. The molecule has 2 heterocycles. The number of hydrogen-bond acceptors (Lipinski definition) is 4. The summed E-state index contributed by atoms with van der Waals surface area (Å²) in [5, 5.41) is 5.09. The lowest BCUT2D eigenvalue weighted by Crippen LogP contribution is -2.36. The lowest BCUT2D eigenvalue weighted by atomic mass is 10.0. The van der Waals surface area contributed by atoms with Crippen molar-refractivity contribution < 1.29 is 18.7 Å². The van der Waals surface area contributed by atoms with Crippen LogP contribution >= 0.6 is 11.6 Å². The number of carbonyl (C=O) groups is 2. The van der Waals surface area contributed by atoms with E-state index in [2.05, 4.69) is 5.10 Å². The van der Waals surface area contributed by atoms with Gasteiger partial charge < -0.3 is 9.64 Å². The molecule has 1 aliphatic rings. The molecule has 6 nitrogen and oxygen atoms in total. The monoisotopic (exact) mass is 427 g/mol. The Morgan fingerprint density at radius 2 is 1.97 bits per heavy atom. The Morgan fingerprint density at radius 1 is 1.20 bits per heavy atom. The Morgan fingerprint density at radius 3 is 2.67 bits per heavy atom. The summed E-state index contributed by atoms with van der Waals surface area (Å²) in [4.78, 5) is 27.0. The second-order valence-electron chi connectivity index (χ2n) is 6.87. The lowest BCUT2D eigenvalue weighted by molar-refractivity contribution is 0.0513. The van der Waals surface area contributed by atoms with Gasteiger partial charge in [0.15, 0.2) is 5.69 Å². The molecular formula is C22H19ClFN3O3. The number of rotatable bonds is 4. The molecule has 0 aliphatic carbocycles. The molecule has 0 fully saturated rings. The zero-order chi connectivity index (χ0) is 21.3. The molecule has 0 spiro atoms. The normalized spacial score (nSPS) is 13.1. The van der Waals surface area contributed by atoms with Crippen LogP contribution in [0.4, 0.5) is 4.39 Å². The van der Waals surface area contributed by atoms with Crippen LogP contribution in [-0.4, -0.2) is 39.7 Å². The van der Waals surface area contributed by atoms with E-state index in [-0.39, 0.29) is 30.3 Å². The second-order valence-corrected chi connectivity index (χ2v) is 7.31. The van der Waals surface area contributed by atoms with Crippen LogP contribution < -0.4 is 0 Å². The van der Waals surface area contributed by atoms with Gasteiger partial charge in [-0.05, 0) is 49.4 Å². The van der Waals surface area contributed by atoms with Crippen molar-refractivity contribution in [2.45, 2.75) is 19.9 Å². The van der Waals surface area contributed by atoms with Gasteiger partial charge in [-0.15, -0.1) is 0 Å². The summed E-state index contributed by atoms with van der Waals surface area (Å²) in [5.41, 5.74) is 2.68. The minimum Gasteiger partial charge on any atom is -0.461 e. The highest BCUT2D eigenvalue weighted by Gasteiger charge is 2.31. The molecule has 8 heteroatoms. The maximum atomic E-state index is 13.6. The molecule has 1 amide bonds. The van der Waals surface area contributed by atoms with Gasteiger partial charge in [0.25, 0.3) is 5.91 Å². The molecule has 2 aromatic carbocycles. The number of ether oxygens (including phenoxy) is 1. The molecule has 4 rings (SSSR count). The molecule has 3 aromatic rings. The van der Waals surface area contributed by atoms with Crippen LogP contribution in [-0.2, 0) is 17.7 Å². The standard InChI is InChI=1S/C22H19ClFN3O3/c1-2-30-22(29)20-18-13-26(21(28)14-4-3-5-16(24)12-14)11-10-19(18)27(25-20)17-8-6-15(23)7-9-17/h3-9,12H,2,10-11,13H2,1H3. The second kappa shape index (κ2) is 8.28. The SMILES string of the molecule is CCOC(=O)c1nn(-c2ccc(Cl)cc2)c2c1CN(C(=O)c1cccc(F)c1)CC2. The predicted molar refractivity (Wildman–Crippen MR) is 109 cm³/mol. The minimum atomic E-state index is -0.540. The van der Waals surface area contributed by atoms with Gasteiger partial charge in [-0.25, -0.2) is 13.9 Å². The predicted octanol–water partition coefficient (Wildman–Crippen LogP) is 4.04. The summed E-state index contributed by atoms with van der Waals surface area (Å²) in [7, 11) is 0. The average molecular weight is 428 g/mol. The van der Waals surface area contributed by atoms with Crippen LogP contribution in [0.15, 0.2) is 48.5 Å². The van der Waals surface area contributed by atoms with Crippen LogP contribution in [0.25, 0.3) is 5.69 Å². The fourth-order valence-corrected chi connectivity index (χ4v) is 3.68. The number of fused-ring (bicyclic) bond motifs is 1. The quantitative estimate of drug-likeness (QED) is 0.589. The number of halogens is 2. The van der Waals surface area contributed by atoms with Crippen molar-refractivity contribution >= 4 is 23.5 Å². The summed E-state index contributed by atoms with van der Waals surface area (Å²) < 4.78 is 20.4. The maximum Gasteiger partial charge on any atom is 0.359 e. The first-order valence-electron chi connectivity index (χ1n) is 9.56. The topological polar surface area (TPSA) is 64.4 Å². The maximum absolute atomic E-state index is 13.6. The molecule has 30 heavy (non-hydrogen) atoms. The molecule has 1 aliphatic heterocycles. The number of esters is 1. The van der Waals surface area contributed by atoms with Gasteiger partial charge >= 0.3 is 5.97 Å². The number of carbonyl (C=O) groups excluding carboxylic acids is 2. The molecule has 0 radical (unpaired) electrons. The third-order valence-electron chi connectivity index (χ3n) is 4.96.